The van der Waals surface area contributed by atoms with Gasteiger partial charge in [-0.25, -0.2) is 9.18 Å². The molecule has 2 aromatic rings. The summed E-state index contributed by atoms with van der Waals surface area (Å²) in [6.07, 6.45) is 0. The van der Waals surface area contributed by atoms with Gasteiger partial charge in [0.1, 0.15) is 5.82 Å². The zero-order valence-electron chi connectivity index (χ0n) is 11.2. The lowest BCUT2D eigenvalue weighted by atomic mass is 10.1. The fourth-order valence-corrected chi connectivity index (χ4v) is 1.94. The Kier molecular flexibility index (Phi) is 3.98. The first-order chi connectivity index (χ1) is 9.52. The highest BCUT2D eigenvalue weighted by Crippen LogP contribution is 2.13. The average molecular weight is 275 g/mol. The number of ether oxygens (including phenoxy) is 1. The molecule has 2 rings (SSSR count). The van der Waals surface area contributed by atoms with Gasteiger partial charge >= 0.3 is 5.97 Å². The predicted octanol–water partition coefficient (Wildman–Crippen LogP) is 2.13. The van der Waals surface area contributed by atoms with Crippen LogP contribution in [-0.4, -0.2) is 17.6 Å². The Morgan fingerprint density at radius 2 is 2.05 bits per heavy atom. The zero-order chi connectivity index (χ0) is 14.7. The van der Waals surface area contributed by atoms with Gasteiger partial charge in [-0.3, -0.25) is 4.79 Å². The minimum atomic E-state index is -0.720. The van der Waals surface area contributed by atoms with Gasteiger partial charge in [0, 0.05) is 11.8 Å². The number of pyridine rings is 1. The summed E-state index contributed by atoms with van der Waals surface area (Å²) in [7, 11) is 1.20. The molecular weight excluding hydrogens is 261 g/mol. The molecule has 1 heterocycles. The normalized spacial score (nSPS) is 10.3. The van der Waals surface area contributed by atoms with E-state index in [9.17, 15) is 14.0 Å². The maximum atomic E-state index is 13.8. The molecular formula is C15H14FNO3. The molecule has 104 valence electrons. The van der Waals surface area contributed by atoms with E-state index in [1.165, 1.54) is 29.9 Å². The first kappa shape index (κ1) is 14.0. The number of methoxy groups -OCH3 is 1. The second kappa shape index (κ2) is 5.69. The van der Waals surface area contributed by atoms with E-state index in [0.29, 0.717) is 5.56 Å². The largest absolute Gasteiger partial charge is 0.465 e. The van der Waals surface area contributed by atoms with E-state index in [1.54, 1.807) is 25.1 Å². The van der Waals surface area contributed by atoms with Crippen molar-refractivity contribution in [3.63, 3.8) is 0 Å². The fourth-order valence-electron chi connectivity index (χ4n) is 1.94. The van der Waals surface area contributed by atoms with Crippen LogP contribution in [0, 0.1) is 12.7 Å². The Labute approximate surface area is 115 Å². The van der Waals surface area contributed by atoms with Gasteiger partial charge in [0.15, 0.2) is 0 Å². The third-order valence-corrected chi connectivity index (χ3v) is 3.05. The standard InChI is InChI=1S/C15H14FNO3/c1-10-4-3-5-14(18)17(10)9-11-6-7-12(13(16)8-11)15(19)20-2/h3-8H,9H2,1-2H3. The molecule has 0 bridgehead atoms. The number of nitrogens with zero attached hydrogens (tertiary/aromatic N) is 1. The topological polar surface area (TPSA) is 48.3 Å². The number of hydrogen-bond donors (Lipinski definition) is 0. The van der Waals surface area contributed by atoms with Crippen molar-refractivity contribution in [2.24, 2.45) is 0 Å². The number of hydrogen-bond acceptors (Lipinski definition) is 3. The van der Waals surface area contributed by atoms with Crippen LogP contribution in [0.1, 0.15) is 21.6 Å². The summed E-state index contributed by atoms with van der Waals surface area (Å²) in [5, 5.41) is 0. The quantitative estimate of drug-likeness (QED) is 0.806. The van der Waals surface area contributed by atoms with Crippen molar-refractivity contribution in [2.45, 2.75) is 13.5 Å². The molecule has 0 fully saturated rings. The molecule has 4 nitrogen and oxygen atoms in total. The third-order valence-electron chi connectivity index (χ3n) is 3.05. The lowest BCUT2D eigenvalue weighted by Gasteiger charge is -2.10. The van der Waals surface area contributed by atoms with E-state index in [0.717, 1.165) is 5.69 Å². The van der Waals surface area contributed by atoms with Crippen LogP contribution in [0.4, 0.5) is 4.39 Å². The molecule has 0 aliphatic rings. The van der Waals surface area contributed by atoms with Crippen LogP contribution >= 0.6 is 0 Å². The van der Waals surface area contributed by atoms with E-state index < -0.39 is 11.8 Å². The SMILES string of the molecule is COC(=O)c1ccc(Cn2c(C)cccc2=O)cc1F. The number of benzene rings is 1. The van der Waals surface area contributed by atoms with Crippen LogP contribution in [0.5, 0.6) is 0 Å². The van der Waals surface area contributed by atoms with Crippen molar-refractivity contribution < 1.29 is 13.9 Å². The smallest absolute Gasteiger partial charge is 0.340 e. The number of aryl methyl sites for hydroxylation is 1. The first-order valence-corrected chi connectivity index (χ1v) is 6.06. The second-order valence-electron chi connectivity index (χ2n) is 4.40. The van der Waals surface area contributed by atoms with Crippen LogP contribution in [0.2, 0.25) is 0 Å². The molecule has 1 aromatic heterocycles. The van der Waals surface area contributed by atoms with E-state index in [1.807, 2.05) is 0 Å². The number of halogens is 1. The minimum Gasteiger partial charge on any atom is -0.465 e. The van der Waals surface area contributed by atoms with Crippen molar-refractivity contribution >= 4 is 5.97 Å². The number of rotatable bonds is 3. The molecule has 1 aromatic carbocycles. The number of esters is 1. The molecule has 0 amide bonds. The molecule has 20 heavy (non-hydrogen) atoms. The van der Waals surface area contributed by atoms with E-state index in [-0.39, 0.29) is 17.7 Å². The summed E-state index contributed by atoms with van der Waals surface area (Å²) in [4.78, 5) is 23.0. The number of aromatic nitrogens is 1. The Hall–Kier alpha value is -2.43. The summed E-state index contributed by atoms with van der Waals surface area (Å²) in [5.74, 6) is -1.38. The monoisotopic (exact) mass is 275 g/mol. The Morgan fingerprint density at radius 3 is 2.65 bits per heavy atom. The average Bonchev–Trinajstić information content (AvgIpc) is 2.42. The van der Waals surface area contributed by atoms with Crippen LogP contribution in [0.3, 0.4) is 0 Å². The highest BCUT2D eigenvalue weighted by atomic mass is 19.1. The summed E-state index contributed by atoms with van der Waals surface area (Å²) in [6, 6.07) is 9.14. The van der Waals surface area contributed by atoms with Crippen LogP contribution < -0.4 is 5.56 Å². The van der Waals surface area contributed by atoms with Gasteiger partial charge in [-0.05, 0) is 30.7 Å². The van der Waals surface area contributed by atoms with Crippen LogP contribution in [-0.2, 0) is 11.3 Å². The van der Waals surface area contributed by atoms with Crippen molar-refractivity contribution in [3.05, 3.63) is 69.4 Å². The van der Waals surface area contributed by atoms with Gasteiger partial charge in [-0.1, -0.05) is 12.1 Å². The fraction of sp³-hybridized carbons (Fsp3) is 0.200. The molecule has 5 heteroatoms. The molecule has 0 aliphatic carbocycles. The van der Waals surface area contributed by atoms with Crippen LogP contribution in [0.25, 0.3) is 0 Å². The number of carbonyl (C=O) groups is 1. The zero-order valence-corrected chi connectivity index (χ0v) is 11.2. The molecule has 0 atom stereocenters. The highest BCUT2D eigenvalue weighted by Gasteiger charge is 2.12. The minimum absolute atomic E-state index is 0.117. The Balaban J connectivity index is 2.34. The Morgan fingerprint density at radius 1 is 1.30 bits per heavy atom. The maximum Gasteiger partial charge on any atom is 0.340 e. The van der Waals surface area contributed by atoms with Gasteiger partial charge in [0.2, 0.25) is 0 Å². The van der Waals surface area contributed by atoms with E-state index >= 15 is 0 Å². The van der Waals surface area contributed by atoms with Gasteiger partial charge in [-0.15, -0.1) is 0 Å². The van der Waals surface area contributed by atoms with Gasteiger partial charge in [0.05, 0.1) is 19.2 Å². The van der Waals surface area contributed by atoms with E-state index in [4.69, 9.17) is 0 Å². The molecule has 0 radical (unpaired) electrons. The maximum absolute atomic E-state index is 13.8. The van der Waals surface area contributed by atoms with Gasteiger partial charge < -0.3 is 9.30 Å². The van der Waals surface area contributed by atoms with Crippen LogP contribution in [0.15, 0.2) is 41.2 Å². The third kappa shape index (κ3) is 2.77. The summed E-state index contributed by atoms with van der Waals surface area (Å²) < 4.78 is 19.8. The first-order valence-electron chi connectivity index (χ1n) is 6.06. The molecule has 0 unspecified atom stereocenters. The van der Waals surface area contributed by atoms with Gasteiger partial charge in [0.25, 0.3) is 5.56 Å². The highest BCUT2D eigenvalue weighted by molar-refractivity contribution is 5.89. The molecule has 0 saturated heterocycles. The lowest BCUT2D eigenvalue weighted by Crippen LogP contribution is -2.21. The van der Waals surface area contributed by atoms with Gasteiger partial charge in [-0.2, -0.15) is 0 Å². The Bertz CT molecular complexity index is 707. The summed E-state index contributed by atoms with van der Waals surface area (Å²) in [5.41, 5.74) is 1.12. The molecule has 0 spiro atoms. The number of carbonyl (C=O) groups excluding carboxylic acids is 1. The molecule has 0 N–H and O–H groups in total. The van der Waals surface area contributed by atoms with Crippen molar-refractivity contribution in [1.29, 1.82) is 0 Å². The van der Waals surface area contributed by atoms with E-state index in [2.05, 4.69) is 4.74 Å². The molecule has 0 saturated carbocycles. The molecule has 0 aliphatic heterocycles. The predicted molar refractivity (Wildman–Crippen MR) is 72.3 cm³/mol. The summed E-state index contributed by atoms with van der Waals surface area (Å²) >= 11 is 0. The van der Waals surface area contributed by atoms with Crippen molar-refractivity contribution in [2.75, 3.05) is 7.11 Å². The summed E-state index contributed by atoms with van der Waals surface area (Å²) in [6.45, 7) is 2.06. The second-order valence-corrected chi connectivity index (χ2v) is 4.40. The van der Waals surface area contributed by atoms with Crippen molar-refractivity contribution in [3.8, 4) is 0 Å². The van der Waals surface area contributed by atoms with Crippen molar-refractivity contribution in [1.82, 2.24) is 4.57 Å². The lowest BCUT2D eigenvalue weighted by molar-refractivity contribution is 0.0595.